The van der Waals surface area contributed by atoms with Crippen LogP contribution in [0.25, 0.3) is 0 Å². The number of piperidine rings is 1. The third-order valence-electron chi connectivity index (χ3n) is 3.17. The Balaban J connectivity index is 2.69. The van der Waals surface area contributed by atoms with Gasteiger partial charge >= 0.3 is 6.09 Å². The molecule has 1 saturated heterocycles. The highest BCUT2D eigenvalue weighted by Crippen LogP contribution is 2.22. The van der Waals surface area contributed by atoms with Crippen LogP contribution in [-0.2, 0) is 4.74 Å². The standard InChI is InChI=1S/C11H22N2O2/c1-8(2)10(12)9-6-4-5-7-13(9)11(14)15-3/h8-10H,4-7,12H2,1-3H3. The van der Waals surface area contributed by atoms with Gasteiger partial charge < -0.3 is 15.4 Å². The number of carbonyl (C=O) groups is 1. The minimum absolute atomic E-state index is 0.0457. The zero-order valence-corrected chi connectivity index (χ0v) is 9.90. The van der Waals surface area contributed by atoms with Crippen molar-refractivity contribution in [3.05, 3.63) is 0 Å². The van der Waals surface area contributed by atoms with Crippen molar-refractivity contribution in [2.45, 2.75) is 45.2 Å². The molecular formula is C11H22N2O2. The summed E-state index contributed by atoms with van der Waals surface area (Å²) in [6.07, 6.45) is 2.96. The molecule has 15 heavy (non-hydrogen) atoms. The Kier molecular flexibility index (Phi) is 4.39. The number of nitrogens with two attached hydrogens (primary N) is 1. The molecule has 88 valence electrons. The van der Waals surface area contributed by atoms with Crippen molar-refractivity contribution in [3.63, 3.8) is 0 Å². The summed E-state index contributed by atoms with van der Waals surface area (Å²) in [5.41, 5.74) is 6.12. The van der Waals surface area contributed by atoms with Gasteiger partial charge in [-0.25, -0.2) is 4.79 Å². The monoisotopic (exact) mass is 214 g/mol. The molecule has 2 N–H and O–H groups in total. The van der Waals surface area contributed by atoms with Crippen molar-refractivity contribution < 1.29 is 9.53 Å². The van der Waals surface area contributed by atoms with Gasteiger partial charge in [0.15, 0.2) is 0 Å². The van der Waals surface area contributed by atoms with Crippen LogP contribution < -0.4 is 5.73 Å². The number of methoxy groups -OCH3 is 1. The zero-order valence-electron chi connectivity index (χ0n) is 9.90. The summed E-state index contributed by atoms with van der Waals surface area (Å²) in [4.78, 5) is 13.3. The van der Waals surface area contributed by atoms with Gasteiger partial charge in [-0.05, 0) is 25.2 Å². The number of likely N-dealkylation sites (tertiary alicyclic amines) is 1. The Hall–Kier alpha value is -0.770. The number of carbonyl (C=O) groups excluding carboxylic acids is 1. The molecule has 2 atom stereocenters. The van der Waals surface area contributed by atoms with Crippen molar-refractivity contribution in [2.24, 2.45) is 11.7 Å². The summed E-state index contributed by atoms with van der Waals surface area (Å²) < 4.78 is 4.78. The molecule has 1 fully saturated rings. The third-order valence-corrected chi connectivity index (χ3v) is 3.17. The molecule has 0 radical (unpaired) electrons. The molecular weight excluding hydrogens is 192 g/mol. The molecule has 0 aliphatic carbocycles. The fourth-order valence-electron chi connectivity index (χ4n) is 2.15. The average Bonchev–Trinajstić information content (AvgIpc) is 2.27. The van der Waals surface area contributed by atoms with E-state index in [1.165, 1.54) is 7.11 Å². The summed E-state index contributed by atoms with van der Waals surface area (Å²) in [7, 11) is 1.43. The van der Waals surface area contributed by atoms with Crippen LogP contribution in [0.15, 0.2) is 0 Å². The lowest BCUT2D eigenvalue weighted by Gasteiger charge is -2.39. The van der Waals surface area contributed by atoms with E-state index in [0.717, 1.165) is 25.8 Å². The second-order valence-electron chi connectivity index (χ2n) is 4.55. The molecule has 1 heterocycles. The highest BCUT2D eigenvalue weighted by atomic mass is 16.5. The topological polar surface area (TPSA) is 55.6 Å². The van der Waals surface area contributed by atoms with Crippen molar-refractivity contribution in [1.82, 2.24) is 4.90 Å². The summed E-state index contributed by atoms with van der Waals surface area (Å²) in [5, 5.41) is 0. The van der Waals surface area contributed by atoms with E-state index in [9.17, 15) is 4.79 Å². The van der Waals surface area contributed by atoms with E-state index in [4.69, 9.17) is 10.5 Å². The number of ether oxygens (including phenoxy) is 1. The van der Waals surface area contributed by atoms with Crippen LogP contribution in [0.5, 0.6) is 0 Å². The molecule has 0 spiro atoms. The maximum absolute atomic E-state index is 11.6. The molecule has 1 amide bonds. The smallest absolute Gasteiger partial charge is 0.409 e. The molecule has 2 unspecified atom stereocenters. The lowest BCUT2D eigenvalue weighted by Crippen LogP contribution is -2.54. The van der Waals surface area contributed by atoms with E-state index in [1.807, 2.05) is 0 Å². The molecule has 4 heteroatoms. The lowest BCUT2D eigenvalue weighted by atomic mass is 9.90. The highest BCUT2D eigenvalue weighted by Gasteiger charge is 2.32. The van der Waals surface area contributed by atoms with Crippen LogP contribution in [0, 0.1) is 5.92 Å². The normalized spacial score (nSPS) is 24.1. The average molecular weight is 214 g/mol. The van der Waals surface area contributed by atoms with E-state index < -0.39 is 0 Å². The molecule has 1 aliphatic rings. The van der Waals surface area contributed by atoms with E-state index in [-0.39, 0.29) is 18.2 Å². The van der Waals surface area contributed by atoms with Crippen molar-refractivity contribution in [3.8, 4) is 0 Å². The van der Waals surface area contributed by atoms with Crippen molar-refractivity contribution >= 4 is 6.09 Å². The molecule has 1 rings (SSSR count). The van der Waals surface area contributed by atoms with Gasteiger partial charge in [-0.3, -0.25) is 0 Å². The summed E-state index contributed by atoms with van der Waals surface area (Å²) in [5.74, 6) is 0.389. The molecule has 0 aromatic carbocycles. The zero-order chi connectivity index (χ0) is 11.4. The number of hydrogen-bond acceptors (Lipinski definition) is 3. The van der Waals surface area contributed by atoms with Gasteiger partial charge in [-0.15, -0.1) is 0 Å². The Labute approximate surface area is 91.8 Å². The first kappa shape index (κ1) is 12.3. The van der Waals surface area contributed by atoms with Crippen LogP contribution in [0.4, 0.5) is 4.79 Å². The fourth-order valence-corrected chi connectivity index (χ4v) is 2.15. The van der Waals surface area contributed by atoms with Gasteiger partial charge in [0.05, 0.1) is 13.2 Å². The number of nitrogens with zero attached hydrogens (tertiary/aromatic N) is 1. The summed E-state index contributed by atoms with van der Waals surface area (Å²) in [6.45, 7) is 4.96. The minimum atomic E-state index is -0.240. The Morgan fingerprint density at radius 1 is 1.47 bits per heavy atom. The van der Waals surface area contributed by atoms with E-state index >= 15 is 0 Å². The first-order chi connectivity index (χ1) is 7.07. The van der Waals surface area contributed by atoms with Crippen LogP contribution in [0.3, 0.4) is 0 Å². The third kappa shape index (κ3) is 2.84. The number of rotatable bonds is 2. The summed E-state index contributed by atoms with van der Waals surface area (Å²) in [6, 6.07) is 0.190. The quantitative estimate of drug-likeness (QED) is 0.759. The first-order valence-electron chi connectivity index (χ1n) is 5.68. The van der Waals surface area contributed by atoms with Crippen molar-refractivity contribution in [1.29, 1.82) is 0 Å². The minimum Gasteiger partial charge on any atom is -0.453 e. The Morgan fingerprint density at radius 2 is 2.13 bits per heavy atom. The molecule has 0 bridgehead atoms. The van der Waals surface area contributed by atoms with E-state index in [2.05, 4.69) is 13.8 Å². The predicted octanol–water partition coefficient (Wildman–Crippen LogP) is 1.59. The number of amides is 1. The van der Waals surface area contributed by atoms with Gasteiger partial charge in [0.2, 0.25) is 0 Å². The Morgan fingerprint density at radius 3 is 2.67 bits per heavy atom. The molecule has 0 aromatic rings. The second-order valence-corrected chi connectivity index (χ2v) is 4.55. The molecule has 1 aliphatic heterocycles. The SMILES string of the molecule is COC(=O)N1CCCCC1C(N)C(C)C. The van der Waals surface area contributed by atoms with Gasteiger partial charge in [-0.2, -0.15) is 0 Å². The van der Waals surface area contributed by atoms with Crippen molar-refractivity contribution in [2.75, 3.05) is 13.7 Å². The van der Waals surface area contributed by atoms with Gasteiger partial charge in [0, 0.05) is 12.6 Å². The molecule has 4 nitrogen and oxygen atoms in total. The van der Waals surface area contributed by atoms with Gasteiger partial charge in [-0.1, -0.05) is 13.8 Å². The van der Waals surface area contributed by atoms with E-state index in [1.54, 1.807) is 4.90 Å². The lowest BCUT2D eigenvalue weighted by molar-refractivity contribution is 0.0755. The second kappa shape index (κ2) is 5.35. The number of hydrogen-bond donors (Lipinski definition) is 1. The van der Waals surface area contributed by atoms with Gasteiger partial charge in [0.25, 0.3) is 0 Å². The van der Waals surface area contributed by atoms with Crippen LogP contribution in [0.1, 0.15) is 33.1 Å². The van der Waals surface area contributed by atoms with Crippen LogP contribution >= 0.6 is 0 Å². The largest absolute Gasteiger partial charge is 0.453 e. The van der Waals surface area contributed by atoms with Crippen LogP contribution in [-0.4, -0.2) is 36.7 Å². The van der Waals surface area contributed by atoms with Gasteiger partial charge in [0.1, 0.15) is 0 Å². The maximum atomic E-state index is 11.6. The molecule has 0 saturated carbocycles. The highest BCUT2D eigenvalue weighted by molar-refractivity contribution is 5.68. The van der Waals surface area contributed by atoms with Crippen LogP contribution in [0.2, 0.25) is 0 Å². The fraction of sp³-hybridized carbons (Fsp3) is 0.909. The molecule has 0 aromatic heterocycles. The Bertz CT molecular complexity index is 219. The maximum Gasteiger partial charge on any atom is 0.409 e. The summed E-state index contributed by atoms with van der Waals surface area (Å²) >= 11 is 0. The van der Waals surface area contributed by atoms with E-state index in [0.29, 0.717) is 5.92 Å². The first-order valence-corrected chi connectivity index (χ1v) is 5.68. The predicted molar refractivity (Wildman–Crippen MR) is 59.6 cm³/mol.